The Kier molecular flexibility index (Phi) is 4.88. The Labute approximate surface area is 136 Å². The standard InChI is InChI=1S/C16H24N6O/c1-3-20(4-2)11-13-9-18-15-14(10-19-22(15)12-13)16(23)21-7-5-17-6-8-21/h9-10,12,17H,3-8,11H2,1-2H3. The molecule has 1 saturated heterocycles. The summed E-state index contributed by atoms with van der Waals surface area (Å²) in [5, 5.41) is 7.58. The van der Waals surface area contributed by atoms with Gasteiger partial charge in [0, 0.05) is 50.7 Å². The summed E-state index contributed by atoms with van der Waals surface area (Å²) in [4.78, 5) is 21.3. The number of nitrogens with one attached hydrogen (secondary N) is 1. The minimum Gasteiger partial charge on any atom is -0.336 e. The van der Waals surface area contributed by atoms with Gasteiger partial charge in [0.15, 0.2) is 5.65 Å². The van der Waals surface area contributed by atoms with Crippen molar-refractivity contribution in [2.24, 2.45) is 0 Å². The zero-order valence-corrected chi connectivity index (χ0v) is 13.8. The first-order valence-corrected chi connectivity index (χ1v) is 8.27. The number of nitrogens with zero attached hydrogens (tertiary/aromatic N) is 5. The SMILES string of the molecule is CCN(CC)Cc1cnc2c(C(=O)N3CCNCC3)cnn2c1. The molecule has 23 heavy (non-hydrogen) atoms. The van der Waals surface area contributed by atoms with Crippen LogP contribution in [0.1, 0.15) is 29.8 Å². The van der Waals surface area contributed by atoms with Crippen molar-refractivity contribution in [2.75, 3.05) is 39.3 Å². The van der Waals surface area contributed by atoms with E-state index < -0.39 is 0 Å². The lowest BCUT2D eigenvalue weighted by atomic mass is 10.2. The smallest absolute Gasteiger partial charge is 0.259 e. The highest BCUT2D eigenvalue weighted by Crippen LogP contribution is 2.13. The van der Waals surface area contributed by atoms with Crippen LogP contribution >= 0.6 is 0 Å². The van der Waals surface area contributed by atoms with Crippen molar-refractivity contribution in [2.45, 2.75) is 20.4 Å². The second kappa shape index (κ2) is 7.06. The average molecular weight is 316 g/mol. The molecule has 1 amide bonds. The molecule has 0 atom stereocenters. The Morgan fingerprint density at radius 1 is 1.26 bits per heavy atom. The second-order valence-electron chi connectivity index (χ2n) is 5.79. The van der Waals surface area contributed by atoms with Crippen molar-refractivity contribution < 1.29 is 4.79 Å². The van der Waals surface area contributed by atoms with Gasteiger partial charge in [0.25, 0.3) is 5.91 Å². The second-order valence-corrected chi connectivity index (χ2v) is 5.79. The van der Waals surface area contributed by atoms with Crippen LogP contribution in [0.2, 0.25) is 0 Å². The minimum absolute atomic E-state index is 0.0190. The lowest BCUT2D eigenvalue weighted by Crippen LogP contribution is -2.46. The monoisotopic (exact) mass is 316 g/mol. The highest BCUT2D eigenvalue weighted by Gasteiger charge is 2.22. The number of fused-ring (bicyclic) bond motifs is 1. The molecule has 0 spiro atoms. The Balaban J connectivity index is 1.82. The molecule has 1 N–H and O–H groups in total. The molecule has 1 fully saturated rings. The van der Waals surface area contributed by atoms with Gasteiger partial charge in [-0.1, -0.05) is 13.8 Å². The number of aromatic nitrogens is 3. The fraction of sp³-hybridized carbons (Fsp3) is 0.562. The van der Waals surface area contributed by atoms with Crippen LogP contribution in [0, 0.1) is 0 Å². The van der Waals surface area contributed by atoms with Crippen molar-refractivity contribution >= 4 is 11.6 Å². The highest BCUT2D eigenvalue weighted by molar-refractivity contribution is 5.99. The molecule has 0 aliphatic carbocycles. The number of piperazine rings is 1. The summed E-state index contributed by atoms with van der Waals surface area (Å²) in [6.45, 7) is 10.3. The topological polar surface area (TPSA) is 65.8 Å². The van der Waals surface area contributed by atoms with E-state index in [1.54, 1.807) is 10.7 Å². The van der Waals surface area contributed by atoms with E-state index in [-0.39, 0.29) is 5.91 Å². The molecule has 1 aliphatic heterocycles. The first-order valence-electron chi connectivity index (χ1n) is 8.27. The van der Waals surface area contributed by atoms with E-state index in [0.29, 0.717) is 11.2 Å². The van der Waals surface area contributed by atoms with E-state index in [0.717, 1.165) is 51.4 Å². The number of carbonyl (C=O) groups is 1. The summed E-state index contributed by atoms with van der Waals surface area (Å²) in [5.41, 5.74) is 2.32. The third-order valence-corrected chi connectivity index (χ3v) is 4.35. The normalized spacial score (nSPS) is 15.5. The van der Waals surface area contributed by atoms with Gasteiger partial charge in [-0.05, 0) is 13.1 Å². The van der Waals surface area contributed by atoms with Crippen molar-refractivity contribution in [3.63, 3.8) is 0 Å². The number of rotatable bonds is 5. The molecule has 0 aromatic carbocycles. The summed E-state index contributed by atoms with van der Waals surface area (Å²) in [5.74, 6) is 0.0190. The maximum absolute atomic E-state index is 12.6. The quantitative estimate of drug-likeness (QED) is 0.876. The predicted octanol–water partition coefficient (Wildman–Crippen LogP) is 0.617. The fourth-order valence-corrected chi connectivity index (χ4v) is 2.89. The van der Waals surface area contributed by atoms with E-state index >= 15 is 0 Å². The Bertz CT molecular complexity index is 672. The molecule has 3 rings (SSSR count). The highest BCUT2D eigenvalue weighted by atomic mass is 16.2. The van der Waals surface area contributed by atoms with Gasteiger partial charge in [0.2, 0.25) is 0 Å². The molecule has 0 radical (unpaired) electrons. The zero-order valence-electron chi connectivity index (χ0n) is 13.8. The van der Waals surface area contributed by atoms with Gasteiger partial charge in [0.1, 0.15) is 5.56 Å². The zero-order chi connectivity index (χ0) is 16.2. The Morgan fingerprint density at radius 2 is 2.00 bits per heavy atom. The lowest BCUT2D eigenvalue weighted by Gasteiger charge is -2.26. The largest absolute Gasteiger partial charge is 0.336 e. The molecule has 0 bridgehead atoms. The van der Waals surface area contributed by atoms with Crippen LogP contribution in [0.4, 0.5) is 0 Å². The van der Waals surface area contributed by atoms with Crippen molar-refractivity contribution in [1.29, 1.82) is 0 Å². The molecule has 2 aromatic rings. The van der Waals surface area contributed by atoms with Crippen LogP contribution in [0.5, 0.6) is 0 Å². The van der Waals surface area contributed by atoms with Crippen molar-refractivity contribution in [1.82, 2.24) is 29.7 Å². The van der Waals surface area contributed by atoms with E-state index in [1.165, 1.54) is 0 Å². The van der Waals surface area contributed by atoms with Gasteiger partial charge >= 0.3 is 0 Å². The van der Waals surface area contributed by atoms with Crippen LogP contribution in [-0.4, -0.2) is 69.6 Å². The van der Waals surface area contributed by atoms with Crippen LogP contribution < -0.4 is 5.32 Å². The van der Waals surface area contributed by atoms with E-state index in [2.05, 4.69) is 34.1 Å². The molecule has 7 heteroatoms. The molecular weight excluding hydrogens is 292 g/mol. The molecule has 2 aromatic heterocycles. The van der Waals surface area contributed by atoms with Gasteiger partial charge in [-0.3, -0.25) is 9.69 Å². The first-order chi connectivity index (χ1) is 11.2. The summed E-state index contributed by atoms with van der Waals surface area (Å²) >= 11 is 0. The molecule has 124 valence electrons. The lowest BCUT2D eigenvalue weighted by molar-refractivity contribution is 0.0737. The van der Waals surface area contributed by atoms with E-state index in [4.69, 9.17) is 0 Å². The fourth-order valence-electron chi connectivity index (χ4n) is 2.89. The first kappa shape index (κ1) is 15.9. The van der Waals surface area contributed by atoms with E-state index in [1.807, 2.05) is 17.3 Å². The van der Waals surface area contributed by atoms with Crippen LogP contribution in [0.3, 0.4) is 0 Å². The Morgan fingerprint density at radius 3 is 2.70 bits per heavy atom. The average Bonchev–Trinajstić information content (AvgIpc) is 3.03. The number of amides is 1. The predicted molar refractivity (Wildman–Crippen MR) is 88.4 cm³/mol. The van der Waals surface area contributed by atoms with Crippen molar-refractivity contribution in [3.8, 4) is 0 Å². The van der Waals surface area contributed by atoms with Crippen LogP contribution in [0.25, 0.3) is 5.65 Å². The van der Waals surface area contributed by atoms with E-state index in [9.17, 15) is 4.79 Å². The number of hydrogen-bond donors (Lipinski definition) is 1. The summed E-state index contributed by atoms with van der Waals surface area (Å²) in [6.07, 6.45) is 5.45. The van der Waals surface area contributed by atoms with Gasteiger partial charge in [-0.25, -0.2) is 9.50 Å². The summed E-state index contributed by atoms with van der Waals surface area (Å²) < 4.78 is 1.72. The minimum atomic E-state index is 0.0190. The Hall–Kier alpha value is -1.99. The van der Waals surface area contributed by atoms with Gasteiger partial charge in [-0.2, -0.15) is 5.10 Å². The molecule has 3 heterocycles. The third kappa shape index (κ3) is 3.35. The molecule has 0 saturated carbocycles. The maximum atomic E-state index is 12.6. The number of carbonyl (C=O) groups excluding carboxylic acids is 1. The third-order valence-electron chi connectivity index (χ3n) is 4.35. The number of hydrogen-bond acceptors (Lipinski definition) is 5. The van der Waals surface area contributed by atoms with Gasteiger partial charge < -0.3 is 10.2 Å². The summed E-state index contributed by atoms with van der Waals surface area (Å²) in [6, 6.07) is 0. The molecule has 0 unspecified atom stereocenters. The van der Waals surface area contributed by atoms with Crippen LogP contribution in [-0.2, 0) is 6.54 Å². The molecule has 7 nitrogen and oxygen atoms in total. The molecule has 1 aliphatic rings. The van der Waals surface area contributed by atoms with Crippen molar-refractivity contribution in [3.05, 3.63) is 29.7 Å². The van der Waals surface area contributed by atoms with Crippen LogP contribution in [0.15, 0.2) is 18.6 Å². The molecular formula is C16H24N6O. The summed E-state index contributed by atoms with van der Waals surface area (Å²) in [7, 11) is 0. The maximum Gasteiger partial charge on any atom is 0.259 e. The van der Waals surface area contributed by atoms with Gasteiger partial charge in [0.05, 0.1) is 6.20 Å². The van der Waals surface area contributed by atoms with Gasteiger partial charge in [-0.15, -0.1) is 0 Å².